The van der Waals surface area contributed by atoms with Crippen molar-refractivity contribution in [2.45, 2.75) is 6.61 Å². The molecule has 20 heavy (non-hydrogen) atoms. The first kappa shape index (κ1) is 14.3. The third-order valence-corrected chi connectivity index (χ3v) is 2.84. The van der Waals surface area contributed by atoms with Crippen LogP contribution in [0.5, 0.6) is 0 Å². The van der Waals surface area contributed by atoms with Crippen molar-refractivity contribution < 1.29 is 18.3 Å². The van der Waals surface area contributed by atoms with Gasteiger partial charge in [-0.1, -0.05) is 11.6 Å². The van der Waals surface area contributed by atoms with Gasteiger partial charge < -0.3 is 10.5 Å². The van der Waals surface area contributed by atoms with Crippen LogP contribution in [0.4, 0.5) is 14.5 Å². The summed E-state index contributed by atoms with van der Waals surface area (Å²) in [6.45, 7) is -0.394. The van der Waals surface area contributed by atoms with Gasteiger partial charge in [0.05, 0.1) is 5.56 Å². The second kappa shape index (κ2) is 5.88. The van der Waals surface area contributed by atoms with Crippen LogP contribution in [0.15, 0.2) is 36.4 Å². The molecule has 2 aromatic rings. The van der Waals surface area contributed by atoms with Crippen LogP contribution >= 0.6 is 11.6 Å². The normalized spacial score (nSPS) is 10.3. The molecule has 104 valence electrons. The molecule has 0 fully saturated rings. The zero-order chi connectivity index (χ0) is 14.7. The van der Waals surface area contributed by atoms with Crippen LogP contribution in [-0.2, 0) is 11.3 Å². The number of benzene rings is 2. The molecule has 0 radical (unpaired) electrons. The molecule has 0 saturated carbocycles. The minimum atomic E-state index is -0.756. The van der Waals surface area contributed by atoms with E-state index in [4.69, 9.17) is 22.1 Å². The molecule has 0 aliphatic carbocycles. The highest BCUT2D eigenvalue weighted by atomic mass is 35.5. The van der Waals surface area contributed by atoms with Gasteiger partial charge in [-0.15, -0.1) is 0 Å². The van der Waals surface area contributed by atoms with Gasteiger partial charge in [-0.25, -0.2) is 13.6 Å². The Morgan fingerprint density at radius 2 is 1.95 bits per heavy atom. The van der Waals surface area contributed by atoms with Crippen LogP contribution in [0, 0.1) is 11.6 Å². The topological polar surface area (TPSA) is 52.3 Å². The largest absolute Gasteiger partial charge is 0.457 e. The average molecular weight is 298 g/mol. The molecule has 0 aliphatic heterocycles. The Kier molecular flexibility index (Phi) is 4.20. The number of ether oxygens (including phenoxy) is 1. The van der Waals surface area contributed by atoms with Gasteiger partial charge in [0.1, 0.15) is 18.2 Å². The molecule has 0 saturated heterocycles. The lowest BCUT2D eigenvalue weighted by atomic mass is 10.2. The number of anilines is 1. The Bertz CT molecular complexity index is 662. The lowest BCUT2D eigenvalue weighted by Crippen LogP contribution is -2.09. The summed E-state index contributed by atoms with van der Waals surface area (Å²) < 4.78 is 31.2. The Balaban J connectivity index is 2.12. The second-order valence-corrected chi connectivity index (χ2v) is 4.48. The molecule has 0 amide bonds. The first-order valence-electron chi connectivity index (χ1n) is 5.63. The fourth-order valence-electron chi connectivity index (χ4n) is 1.58. The van der Waals surface area contributed by atoms with Crippen LogP contribution in [0.3, 0.4) is 0 Å². The smallest absolute Gasteiger partial charge is 0.340 e. The number of rotatable bonds is 3. The van der Waals surface area contributed by atoms with Crippen LogP contribution in [0.2, 0.25) is 5.02 Å². The summed E-state index contributed by atoms with van der Waals surface area (Å²) in [6, 6.07) is 7.24. The van der Waals surface area contributed by atoms with Crippen molar-refractivity contribution in [1.29, 1.82) is 0 Å². The van der Waals surface area contributed by atoms with Gasteiger partial charge in [0.25, 0.3) is 0 Å². The van der Waals surface area contributed by atoms with Gasteiger partial charge >= 0.3 is 5.97 Å². The van der Waals surface area contributed by atoms with Crippen molar-refractivity contribution >= 4 is 23.3 Å². The summed E-state index contributed by atoms with van der Waals surface area (Å²) >= 11 is 5.75. The first-order valence-corrected chi connectivity index (χ1v) is 6.01. The molecule has 0 aromatic heterocycles. The maximum atomic E-state index is 13.4. The molecule has 2 rings (SSSR count). The Morgan fingerprint density at radius 3 is 2.70 bits per heavy atom. The molecule has 0 heterocycles. The summed E-state index contributed by atoms with van der Waals surface area (Å²) in [6.07, 6.45) is 0. The average Bonchev–Trinajstić information content (AvgIpc) is 2.42. The van der Waals surface area contributed by atoms with E-state index in [0.717, 1.165) is 18.2 Å². The van der Waals surface area contributed by atoms with Crippen molar-refractivity contribution in [2.24, 2.45) is 0 Å². The predicted molar refractivity (Wildman–Crippen MR) is 71.3 cm³/mol. The lowest BCUT2D eigenvalue weighted by Gasteiger charge is -2.08. The Labute approximate surface area is 118 Å². The number of nitrogen functional groups attached to an aromatic ring is 1. The van der Waals surface area contributed by atoms with Crippen LogP contribution in [0.1, 0.15) is 15.9 Å². The fourth-order valence-corrected chi connectivity index (χ4v) is 1.75. The minimum absolute atomic E-state index is 0.0565. The maximum absolute atomic E-state index is 13.4. The van der Waals surface area contributed by atoms with E-state index in [-0.39, 0.29) is 16.8 Å². The van der Waals surface area contributed by atoms with E-state index in [1.54, 1.807) is 0 Å². The summed E-state index contributed by atoms with van der Waals surface area (Å²) in [5.41, 5.74) is 5.83. The predicted octanol–water partition coefficient (Wildman–Crippen LogP) is 3.56. The molecular formula is C14H10ClF2NO2. The highest BCUT2D eigenvalue weighted by Crippen LogP contribution is 2.20. The van der Waals surface area contributed by atoms with Gasteiger partial charge in [0.15, 0.2) is 0 Å². The highest BCUT2D eigenvalue weighted by Gasteiger charge is 2.13. The van der Waals surface area contributed by atoms with Crippen LogP contribution < -0.4 is 5.73 Å². The molecule has 6 heteroatoms. The zero-order valence-corrected chi connectivity index (χ0v) is 11.0. The number of esters is 1. The quantitative estimate of drug-likeness (QED) is 0.696. The van der Waals surface area contributed by atoms with Crippen LogP contribution in [-0.4, -0.2) is 5.97 Å². The maximum Gasteiger partial charge on any atom is 0.340 e. The molecular weight excluding hydrogens is 288 g/mol. The minimum Gasteiger partial charge on any atom is -0.457 e. The van der Waals surface area contributed by atoms with E-state index in [1.165, 1.54) is 18.2 Å². The SMILES string of the molecule is Nc1ccc(Cl)cc1C(=O)OCc1cc(F)ccc1F. The number of hydrogen-bond acceptors (Lipinski definition) is 3. The number of nitrogens with two attached hydrogens (primary N) is 1. The van der Waals surface area contributed by atoms with E-state index in [9.17, 15) is 13.6 Å². The molecule has 0 bridgehead atoms. The van der Waals surface area contributed by atoms with Gasteiger partial charge in [-0.3, -0.25) is 0 Å². The van der Waals surface area contributed by atoms with Crippen molar-refractivity contribution in [1.82, 2.24) is 0 Å². The standard InChI is InChI=1S/C14H10ClF2NO2/c15-9-1-4-13(18)11(6-9)14(19)20-7-8-5-10(16)2-3-12(8)17/h1-6H,7,18H2. The van der Waals surface area contributed by atoms with Crippen LogP contribution in [0.25, 0.3) is 0 Å². The molecule has 2 aromatic carbocycles. The van der Waals surface area contributed by atoms with E-state index < -0.39 is 24.2 Å². The third kappa shape index (κ3) is 3.24. The highest BCUT2D eigenvalue weighted by molar-refractivity contribution is 6.31. The third-order valence-electron chi connectivity index (χ3n) is 2.60. The summed E-state index contributed by atoms with van der Waals surface area (Å²) in [5.74, 6) is -2.02. The Morgan fingerprint density at radius 1 is 1.20 bits per heavy atom. The molecule has 0 atom stereocenters. The number of halogens is 3. The van der Waals surface area contributed by atoms with Gasteiger partial charge in [0, 0.05) is 16.3 Å². The number of carbonyl (C=O) groups is 1. The van der Waals surface area contributed by atoms with Gasteiger partial charge in [-0.05, 0) is 36.4 Å². The first-order chi connectivity index (χ1) is 9.47. The summed E-state index contributed by atoms with van der Waals surface area (Å²) in [5, 5.41) is 0.322. The van der Waals surface area contributed by atoms with Gasteiger partial charge in [-0.2, -0.15) is 0 Å². The molecule has 0 spiro atoms. The van der Waals surface area contributed by atoms with Crippen molar-refractivity contribution in [3.8, 4) is 0 Å². The summed E-state index contributed by atoms with van der Waals surface area (Å²) in [4.78, 5) is 11.8. The molecule has 3 nitrogen and oxygen atoms in total. The number of hydrogen-bond donors (Lipinski definition) is 1. The van der Waals surface area contributed by atoms with Crippen molar-refractivity contribution in [2.75, 3.05) is 5.73 Å². The van der Waals surface area contributed by atoms with E-state index in [0.29, 0.717) is 5.02 Å². The van der Waals surface area contributed by atoms with E-state index >= 15 is 0 Å². The monoisotopic (exact) mass is 297 g/mol. The molecule has 0 aliphatic rings. The Hall–Kier alpha value is -2.14. The van der Waals surface area contributed by atoms with Crippen molar-refractivity contribution in [3.63, 3.8) is 0 Å². The number of carbonyl (C=O) groups excluding carboxylic acids is 1. The van der Waals surface area contributed by atoms with Gasteiger partial charge in [0.2, 0.25) is 0 Å². The van der Waals surface area contributed by atoms with Crippen molar-refractivity contribution in [3.05, 3.63) is 64.2 Å². The molecule has 0 unspecified atom stereocenters. The summed E-state index contributed by atoms with van der Waals surface area (Å²) in [7, 11) is 0. The van der Waals surface area contributed by atoms with E-state index in [2.05, 4.69) is 0 Å². The molecule has 2 N–H and O–H groups in total. The van der Waals surface area contributed by atoms with E-state index in [1.807, 2.05) is 0 Å². The zero-order valence-electron chi connectivity index (χ0n) is 10.2. The second-order valence-electron chi connectivity index (χ2n) is 4.04. The fraction of sp³-hybridized carbons (Fsp3) is 0.0714. The lowest BCUT2D eigenvalue weighted by molar-refractivity contribution is 0.0470.